The fourth-order valence-electron chi connectivity index (χ4n) is 2.45. The normalized spacial score (nSPS) is 12.4. The fraction of sp³-hybridized carbons (Fsp3) is 0.667. The number of rotatable bonds is 15. The molecule has 13 nitrogen and oxygen atoms in total. The molecule has 0 aromatic rings. The molecule has 0 saturated carbocycles. The summed E-state index contributed by atoms with van der Waals surface area (Å²) in [5, 5.41) is 24.9. The smallest absolute Gasteiger partial charge is 0.326 e. The van der Waals surface area contributed by atoms with Crippen LogP contribution in [0.5, 0.6) is 0 Å². The minimum absolute atomic E-state index is 0.00123. The summed E-state index contributed by atoms with van der Waals surface area (Å²) in [5.41, 5.74) is 10.4. The number of guanidine groups is 1. The van der Waals surface area contributed by atoms with E-state index in [2.05, 4.69) is 20.9 Å². The van der Waals surface area contributed by atoms with E-state index >= 15 is 0 Å². The molecule has 13 heteroatoms. The van der Waals surface area contributed by atoms with Gasteiger partial charge in [-0.05, 0) is 18.8 Å². The van der Waals surface area contributed by atoms with Gasteiger partial charge in [0, 0.05) is 13.0 Å². The molecule has 0 aromatic heterocycles. The Labute approximate surface area is 180 Å². The number of hydrogen-bond donors (Lipinski definition) is 7. The van der Waals surface area contributed by atoms with Gasteiger partial charge in [-0.15, -0.1) is 0 Å². The number of nitrogens with one attached hydrogen (secondary N) is 3. The third kappa shape index (κ3) is 13.5. The quantitative estimate of drug-likeness (QED) is 0.0850. The summed E-state index contributed by atoms with van der Waals surface area (Å²) >= 11 is 0. The molecular weight excluding hydrogens is 412 g/mol. The standard InChI is InChI=1S/C18H32N6O7/c1-10(2)15(17(30)31)24-16(29)11(8-14(27)28)23-13(26)9-22-12(25)6-4-3-5-7-21-18(19)20/h10-11,15H,3-9H2,1-2H3,(H,22,25)(H,23,26)(H,24,29)(H,27,28)(H,30,31)(H4,19,20,21)/t11-,15-/m0/s1. The molecule has 0 aliphatic rings. The summed E-state index contributed by atoms with van der Waals surface area (Å²) in [6.45, 7) is 3.14. The van der Waals surface area contributed by atoms with Gasteiger partial charge >= 0.3 is 11.9 Å². The maximum absolute atomic E-state index is 12.3. The molecule has 2 atom stereocenters. The third-order valence-electron chi connectivity index (χ3n) is 4.06. The van der Waals surface area contributed by atoms with Crippen LogP contribution in [0, 0.1) is 5.92 Å². The van der Waals surface area contributed by atoms with Crippen molar-refractivity contribution in [3.8, 4) is 0 Å². The summed E-state index contributed by atoms with van der Waals surface area (Å²) in [4.78, 5) is 62.1. The molecule has 0 saturated heterocycles. The Morgan fingerprint density at radius 3 is 2.10 bits per heavy atom. The number of nitrogens with two attached hydrogens (primary N) is 2. The Bertz CT molecular complexity index is 676. The largest absolute Gasteiger partial charge is 0.481 e. The molecule has 0 spiro atoms. The van der Waals surface area contributed by atoms with Gasteiger partial charge in [-0.25, -0.2) is 4.79 Å². The highest BCUT2D eigenvalue weighted by molar-refractivity contribution is 5.94. The van der Waals surface area contributed by atoms with Gasteiger partial charge in [0.15, 0.2) is 5.96 Å². The Balaban J connectivity index is 4.53. The molecule has 0 rings (SSSR count). The Kier molecular flexibility index (Phi) is 13.0. The molecular formula is C18H32N6O7. The van der Waals surface area contributed by atoms with Crippen molar-refractivity contribution in [1.29, 1.82) is 0 Å². The van der Waals surface area contributed by atoms with Crippen LogP contribution >= 0.6 is 0 Å². The van der Waals surface area contributed by atoms with E-state index in [0.29, 0.717) is 25.8 Å². The SMILES string of the molecule is CC(C)[C@H](NC(=O)[C@H](CC(=O)O)NC(=O)CNC(=O)CCCCCN=C(N)N)C(=O)O. The zero-order valence-corrected chi connectivity index (χ0v) is 17.7. The first-order chi connectivity index (χ1) is 14.4. The number of carboxylic acids is 2. The lowest BCUT2D eigenvalue weighted by molar-refractivity contribution is -0.144. The van der Waals surface area contributed by atoms with E-state index < -0.39 is 54.7 Å². The van der Waals surface area contributed by atoms with Crippen LogP contribution in [0.3, 0.4) is 0 Å². The first-order valence-electron chi connectivity index (χ1n) is 9.80. The van der Waals surface area contributed by atoms with Crippen LogP contribution in [0.15, 0.2) is 4.99 Å². The minimum Gasteiger partial charge on any atom is -0.481 e. The molecule has 0 unspecified atom stereocenters. The number of hydrogen-bond acceptors (Lipinski definition) is 6. The van der Waals surface area contributed by atoms with Gasteiger partial charge in [0.25, 0.3) is 0 Å². The molecule has 31 heavy (non-hydrogen) atoms. The topological polar surface area (TPSA) is 226 Å². The van der Waals surface area contributed by atoms with Crippen LogP contribution < -0.4 is 27.4 Å². The van der Waals surface area contributed by atoms with E-state index in [1.165, 1.54) is 0 Å². The number of aliphatic carboxylic acids is 2. The number of carbonyl (C=O) groups is 5. The second-order valence-electron chi connectivity index (χ2n) is 7.18. The number of carboxylic acid groups (broad SMARTS) is 2. The summed E-state index contributed by atoms with van der Waals surface area (Å²) in [5.74, 6) is -5.21. The van der Waals surface area contributed by atoms with Gasteiger partial charge < -0.3 is 37.6 Å². The van der Waals surface area contributed by atoms with Gasteiger partial charge in [-0.2, -0.15) is 0 Å². The lowest BCUT2D eigenvalue weighted by Crippen LogP contribution is -2.54. The average Bonchev–Trinajstić information content (AvgIpc) is 2.65. The van der Waals surface area contributed by atoms with Crippen molar-refractivity contribution >= 4 is 35.6 Å². The zero-order valence-electron chi connectivity index (χ0n) is 17.7. The highest BCUT2D eigenvalue weighted by Gasteiger charge is 2.29. The van der Waals surface area contributed by atoms with Crippen molar-refractivity contribution in [3.63, 3.8) is 0 Å². The van der Waals surface area contributed by atoms with Gasteiger partial charge in [-0.3, -0.25) is 24.2 Å². The van der Waals surface area contributed by atoms with E-state index in [1.54, 1.807) is 13.8 Å². The van der Waals surface area contributed by atoms with E-state index in [-0.39, 0.29) is 18.3 Å². The first kappa shape index (κ1) is 27.6. The molecule has 0 heterocycles. The molecule has 0 fully saturated rings. The van der Waals surface area contributed by atoms with E-state index in [1.807, 2.05) is 0 Å². The van der Waals surface area contributed by atoms with Crippen LogP contribution in [0.25, 0.3) is 0 Å². The highest BCUT2D eigenvalue weighted by atomic mass is 16.4. The molecule has 0 aliphatic heterocycles. The van der Waals surface area contributed by atoms with Crippen LogP contribution in [0.1, 0.15) is 46.0 Å². The van der Waals surface area contributed by atoms with Crippen molar-refractivity contribution in [2.75, 3.05) is 13.1 Å². The van der Waals surface area contributed by atoms with E-state index in [4.69, 9.17) is 21.7 Å². The van der Waals surface area contributed by atoms with Crippen molar-refractivity contribution in [1.82, 2.24) is 16.0 Å². The predicted molar refractivity (Wildman–Crippen MR) is 111 cm³/mol. The summed E-state index contributed by atoms with van der Waals surface area (Å²) < 4.78 is 0. The fourth-order valence-corrected chi connectivity index (χ4v) is 2.45. The van der Waals surface area contributed by atoms with Crippen molar-refractivity contribution < 1.29 is 34.2 Å². The maximum atomic E-state index is 12.3. The highest BCUT2D eigenvalue weighted by Crippen LogP contribution is 2.04. The average molecular weight is 444 g/mol. The number of amides is 3. The monoisotopic (exact) mass is 444 g/mol. The zero-order chi connectivity index (χ0) is 24.0. The molecule has 9 N–H and O–H groups in total. The maximum Gasteiger partial charge on any atom is 0.326 e. The Hall–Kier alpha value is -3.38. The van der Waals surface area contributed by atoms with Crippen LogP contribution in [0.2, 0.25) is 0 Å². The molecule has 0 aliphatic carbocycles. The molecule has 3 amide bonds. The van der Waals surface area contributed by atoms with Crippen LogP contribution in [0.4, 0.5) is 0 Å². The number of nitrogens with zero attached hydrogens (tertiary/aromatic N) is 1. The van der Waals surface area contributed by atoms with Gasteiger partial charge in [0.1, 0.15) is 12.1 Å². The third-order valence-corrected chi connectivity index (χ3v) is 4.06. The predicted octanol–water partition coefficient (Wildman–Crippen LogP) is -1.88. The number of aliphatic imine (C=N–C) groups is 1. The summed E-state index contributed by atoms with van der Waals surface area (Å²) in [7, 11) is 0. The molecule has 0 aromatic carbocycles. The van der Waals surface area contributed by atoms with Gasteiger partial charge in [0.05, 0.1) is 13.0 Å². The minimum atomic E-state index is -1.49. The summed E-state index contributed by atoms with van der Waals surface area (Å²) in [6, 6.07) is -2.73. The van der Waals surface area contributed by atoms with Gasteiger partial charge in [-0.1, -0.05) is 20.3 Å². The number of unbranched alkanes of at least 4 members (excludes halogenated alkanes) is 2. The second kappa shape index (κ2) is 14.6. The second-order valence-corrected chi connectivity index (χ2v) is 7.18. The van der Waals surface area contributed by atoms with Crippen LogP contribution in [-0.4, -0.2) is 71.0 Å². The molecule has 176 valence electrons. The molecule has 0 radical (unpaired) electrons. The molecule has 0 bridgehead atoms. The number of carbonyl (C=O) groups excluding carboxylic acids is 3. The Morgan fingerprint density at radius 1 is 0.935 bits per heavy atom. The van der Waals surface area contributed by atoms with Crippen molar-refractivity contribution in [3.05, 3.63) is 0 Å². The Morgan fingerprint density at radius 2 is 1.58 bits per heavy atom. The summed E-state index contributed by atoms with van der Waals surface area (Å²) in [6.07, 6.45) is 1.39. The first-order valence-corrected chi connectivity index (χ1v) is 9.80. The van der Waals surface area contributed by atoms with Crippen molar-refractivity contribution in [2.45, 2.75) is 58.0 Å². The van der Waals surface area contributed by atoms with E-state index in [0.717, 1.165) is 0 Å². The van der Waals surface area contributed by atoms with Gasteiger partial charge in [0.2, 0.25) is 17.7 Å². The van der Waals surface area contributed by atoms with Crippen LogP contribution in [-0.2, 0) is 24.0 Å². The lowest BCUT2D eigenvalue weighted by Gasteiger charge is -2.22. The van der Waals surface area contributed by atoms with Crippen molar-refractivity contribution in [2.24, 2.45) is 22.4 Å². The lowest BCUT2D eigenvalue weighted by atomic mass is 10.0. The van der Waals surface area contributed by atoms with E-state index in [9.17, 15) is 24.0 Å².